The smallest absolute Gasteiger partial charge is 0.251 e. The normalized spacial score (nSPS) is 10.1. The zero-order valence-corrected chi connectivity index (χ0v) is 11.6. The van der Waals surface area contributed by atoms with Crippen molar-refractivity contribution in [2.24, 2.45) is 0 Å². The van der Waals surface area contributed by atoms with Gasteiger partial charge in [-0.25, -0.2) is 0 Å². The highest BCUT2D eigenvalue weighted by Crippen LogP contribution is 2.28. The number of anilines is 1. The number of nitrogen functional groups attached to an aromatic ring is 1. The zero-order chi connectivity index (χ0) is 14.5. The maximum Gasteiger partial charge on any atom is 0.251 e. The van der Waals surface area contributed by atoms with Gasteiger partial charge in [0.25, 0.3) is 5.91 Å². The number of hydrogen-bond donors (Lipinski definition) is 2. The van der Waals surface area contributed by atoms with E-state index in [9.17, 15) is 4.79 Å². The molecule has 20 heavy (non-hydrogen) atoms. The molecule has 2 aromatic rings. The molecule has 0 radical (unpaired) electrons. The third-order valence-electron chi connectivity index (χ3n) is 3.06. The number of ether oxygens (including phenoxy) is 1. The van der Waals surface area contributed by atoms with Crippen LogP contribution >= 0.6 is 0 Å². The van der Waals surface area contributed by atoms with Crippen molar-refractivity contribution in [1.29, 1.82) is 0 Å². The second-order valence-corrected chi connectivity index (χ2v) is 4.43. The van der Waals surface area contributed by atoms with E-state index in [1.54, 1.807) is 25.2 Å². The van der Waals surface area contributed by atoms with E-state index in [4.69, 9.17) is 10.5 Å². The standard InChI is InChI=1S/C16H18N2O2/c1-3-11-4-7-13(8-5-11)20-15-10-12(16(19)18-2)6-9-14(15)17/h4-10H,3,17H2,1-2H3,(H,18,19). The Morgan fingerprint density at radius 1 is 1.20 bits per heavy atom. The summed E-state index contributed by atoms with van der Waals surface area (Å²) in [6.45, 7) is 2.10. The quantitative estimate of drug-likeness (QED) is 0.839. The molecule has 3 N–H and O–H groups in total. The minimum Gasteiger partial charge on any atom is -0.455 e. The molecular formula is C16H18N2O2. The van der Waals surface area contributed by atoms with Crippen LogP contribution in [-0.4, -0.2) is 13.0 Å². The van der Waals surface area contributed by atoms with Gasteiger partial charge in [0.1, 0.15) is 5.75 Å². The van der Waals surface area contributed by atoms with Gasteiger partial charge in [-0.15, -0.1) is 0 Å². The van der Waals surface area contributed by atoms with Crippen molar-refractivity contribution in [2.45, 2.75) is 13.3 Å². The number of amides is 1. The third-order valence-corrected chi connectivity index (χ3v) is 3.06. The van der Waals surface area contributed by atoms with Crippen LogP contribution in [0.1, 0.15) is 22.8 Å². The first-order valence-electron chi connectivity index (χ1n) is 6.52. The molecule has 2 aromatic carbocycles. The Bertz CT molecular complexity index is 606. The zero-order valence-electron chi connectivity index (χ0n) is 11.6. The number of carbonyl (C=O) groups is 1. The number of aryl methyl sites for hydroxylation is 1. The van der Waals surface area contributed by atoms with Gasteiger partial charge in [-0.2, -0.15) is 0 Å². The first-order chi connectivity index (χ1) is 9.63. The molecule has 0 spiro atoms. The van der Waals surface area contributed by atoms with Crippen molar-refractivity contribution < 1.29 is 9.53 Å². The summed E-state index contributed by atoms with van der Waals surface area (Å²) < 4.78 is 5.74. The van der Waals surface area contributed by atoms with Crippen LogP contribution in [0.4, 0.5) is 5.69 Å². The number of rotatable bonds is 4. The SMILES string of the molecule is CCc1ccc(Oc2cc(C(=O)NC)ccc2N)cc1. The van der Waals surface area contributed by atoms with Crippen molar-refractivity contribution in [1.82, 2.24) is 5.32 Å². The Hall–Kier alpha value is -2.49. The van der Waals surface area contributed by atoms with Crippen LogP contribution in [0, 0.1) is 0 Å². The van der Waals surface area contributed by atoms with E-state index in [-0.39, 0.29) is 5.91 Å². The Morgan fingerprint density at radius 2 is 1.90 bits per heavy atom. The summed E-state index contributed by atoms with van der Waals surface area (Å²) >= 11 is 0. The van der Waals surface area contributed by atoms with Crippen molar-refractivity contribution in [3.8, 4) is 11.5 Å². The highest BCUT2D eigenvalue weighted by atomic mass is 16.5. The fraction of sp³-hybridized carbons (Fsp3) is 0.188. The summed E-state index contributed by atoms with van der Waals surface area (Å²) in [6.07, 6.45) is 0.981. The van der Waals surface area contributed by atoms with Crippen LogP contribution in [0.3, 0.4) is 0 Å². The van der Waals surface area contributed by atoms with Gasteiger partial charge in [-0.1, -0.05) is 19.1 Å². The van der Waals surface area contributed by atoms with Gasteiger partial charge in [0.15, 0.2) is 5.75 Å². The Balaban J connectivity index is 2.25. The van der Waals surface area contributed by atoms with E-state index < -0.39 is 0 Å². The van der Waals surface area contributed by atoms with E-state index in [0.29, 0.717) is 22.7 Å². The van der Waals surface area contributed by atoms with Crippen LogP contribution in [-0.2, 0) is 6.42 Å². The molecule has 0 fully saturated rings. The summed E-state index contributed by atoms with van der Waals surface area (Å²) in [7, 11) is 1.59. The van der Waals surface area contributed by atoms with E-state index in [0.717, 1.165) is 6.42 Å². The van der Waals surface area contributed by atoms with E-state index in [1.165, 1.54) is 5.56 Å². The fourth-order valence-corrected chi connectivity index (χ4v) is 1.83. The van der Waals surface area contributed by atoms with E-state index >= 15 is 0 Å². The monoisotopic (exact) mass is 270 g/mol. The lowest BCUT2D eigenvalue weighted by Gasteiger charge is -2.10. The predicted octanol–water partition coefficient (Wildman–Crippen LogP) is 2.98. The Morgan fingerprint density at radius 3 is 2.50 bits per heavy atom. The first-order valence-corrected chi connectivity index (χ1v) is 6.52. The summed E-state index contributed by atoms with van der Waals surface area (Å²) in [5, 5.41) is 2.57. The van der Waals surface area contributed by atoms with Crippen molar-refractivity contribution in [3.63, 3.8) is 0 Å². The van der Waals surface area contributed by atoms with Crippen LogP contribution in [0.2, 0.25) is 0 Å². The number of carbonyl (C=O) groups excluding carboxylic acids is 1. The van der Waals surface area contributed by atoms with Gasteiger partial charge in [-0.05, 0) is 42.3 Å². The van der Waals surface area contributed by atoms with Gasteiger partial charge >= 0.3 is 0 Å². The third kappa shape index (κ3) is 3.09. The molecule has 0 atom stereocenters. The molecule has 0 aliphatic heterocycles. The van der Waals surface area contributed by atoms with Crippen molar-refractivity contribution in [3.05, 3.63) is 53.6 Å². The Labute approximate surface area is 118 Å². The van der Waals surface area contributed by atoms with Crippen molar-refractivity contribution >= 4 is 11.6 Å². The van der Waals surface area contributed by atoms with Crippen LogP contribution in [0.25, 0.3) is 0 Å². The molecule has 0 heterocycles. The summed E-state index contributed by atoms with van der Waals surface area (Å²) in [5.74, 6) is 1.01. The molecule has 0 saturated carbocycles. The van der Waals surface area contributed by atoms with Crippen molar-refractivity contribution in [2.75, 3.05) is 12.8 Å². The second kappa shape index (κ2) is 6.10. The lowest BCUT2D eigenvalue weighted by atomic mass is 10.1. The molecule has 0 saturated heterocycles. The minimum atomic E-state index is -0.170. The molecule has 0 bridgehead atoms. The molecule has 0 aliphatic carbocycles. The van der Waals surface area contributed by atoms with Gasteiger partial charge < -0.3 is 15.8 Å². The van der Waals surface area contributed by atoms with Gasteiger partial charge in [0.2, 0.25) is 0 Å². The van der Waals surface area contributed by atoms with Crippen LogP contribution in [0.5, 0.6) is 11.5 Å². The van der Waals surface area contributed by atoms with Gasteiger partial charge in [0.05, 0.1) is 5.69 Å². The molecule has 0 aromatic heterocycles. The average molecular weight is 270 g/mol. The maximum atomic E-state index is 11.6. The highest BCUT2D eigenvalue weighted by molar-refractivity contribution is 5.95. The summed E-state index contributed by atoms with van der Waals surface area (Å²) in [5.41, 5.74) is 8.13. The second-order valence-electron chi connectivity index (χ2n) is 4.43. The molecule has 4 heteroatoms. The van der Waals surface area contributed by atoms with Crippen LogP contribution < -0.4 is 15.8 Å². The molecule has 0 unspecified atom stereocenters. The summed E-state index contributed by atoms with van der Waals surface area (Å²) in [4.78, 5) is 11.6. The number of benzene rings is 2. The Kier molecular flexibility index (Phi) is 4.25. The number of nitrogens with two attached hydrogens (primary N) is 1. The lowest BCUT2D eigenvalue weighted by Crippen LogP contribution is -2.17. The van der Waals surface area contributed by atoms with Gasteiger partial charge in [0, 0.05) is 12.6 Å². The predicted molar refractivity (Wildman–Crippen MR) is 80.1 cm³/mol. The number of nitrogens with one attached hydrogen (secondary N) is 1. The summed E-state index contributed by atoms with van der Waals surface area (Å²) in [6, 6.07) is 12.8. The van der Waals surface area contributed by atoms with Crippen LogP contribution in [0.15, 0.2) is 42.5 Å². The van der Waals surface area contributed by atoms with E-state index in [2.05, 4.69) is 12.2 Å². The molecule has 2 rings (SSSR count). The molecule has 4 nitrogen and oxygen atoms in total. The average Bonchev–Trinajstić information content (AvgIpc) is 2.49. The highest BCUT2D eigenvalue weighted by Gasteiger charge is 2.08. The lowest BCUT2D eigenvalue weighted by molar-refractivity contribution is 0.0963. The molecule has 1 amide bonds. The largest absolute Gasteiger partial charge is 0.455 e. The van der Waals surface area contributed by atoms with Gasteiger partial charge in [-0.3, -0.25) is 4.79 Å². The maximum absolute atomic E-state index is 11.6. The minimum absolute atomic E-state index is 0.170. The van der Waals surface area contributed by atoms with E-state index in [1.807, 2.05) is 24.3 Å². The number of hydrogen-bond acceptors (Lipinski definition) is 3. The first kappa shape index (κ1) is 13.9. The fourth-order valence-electron chi connectivity index (χ4n) is 1.83. The molecule has 104 valence electrons. The molecular weight excluding hydrogens is 252 g/mol. The molecule has 0 aliphatic rings. The topological polar surface area (TPSA) is 64.3 Å².